The Hall–Kier alpha value is -1.05. The van der Waals surface area contributed by atoms with Crippen molar-refractivity contribution in [1.29, 1.82) is 0 Å². The standard InChI is InChI=1S/C11H14O2/c1-2-11(12)13-7-10-6-8-3-4-9(10)5-8/h3-4,6,8-9H,2,5,7H2,1H3. The minimum Gasteiger partial charge on any atom is -0.461 e. The van der Waals surface area contributed by atoms with Crippen LogP contribution < -0.4 is 0 Å². The minimum atomic E-state index is -0.104. The van der Waals surface area contributed by atoms with Crippen LogP contribution in [-0.2, 0) is 9.53 Å². The third kappa shape index (κ3) is 1.67. The van der Waals surface area contributed by atoms with Gasteiger partial charge in [0.15, 0.2) is 0 Å². The van der Waals surface area contributed by atoms with Crippen LogP contribution in [0.3, 0.4) is 0 Å². The van der Waals surface area contributed by atoms with Gasteiger partial charge >= 0.3 is 5.97 Å². The van der Waals surface area contributed by atoms with E-state index in [1.165, 1.54) is 12.0 Å². The third-order valence-electron chi connectivity index (χ3n) is 2.71. The summed E-state index contributed by atoms with van der Waals surface area (Å²) in [6, 6.07) is 0. The molecular weight excluding hydrogens is 164 g/mol. The first kappa shape index (κ1) is 8.54. The van der Waals surface area contributed by atoms with Gasteiger partial charge in [-0.25, -0.2) is 0 Å². The lowest BCUT2D eigenvalue weighted by molar-refractivity contribution is -0.142. The van der Waals surface area contributed by atoms with E-state index < -0.39 is 0 Å². The molecule has 0 saturated heterocycles. The van der Waals surface area contributed by atoms with Gasteiger partial charge in [-0.3, -0.25) is 4.79 Å². The quantitative estimate of drug-likeness (QED) is 0.488. The highest BCUT2D eigenvalue weighted by Crippen LogP contribution is 2.38. The van der Waals surface area contributed by atoms with Gasteiger partial charge in [-0.1, -0.05) is 25.2 Å². The first-order valence-electron chi connectivity index (χ1n) is 4.84. The highest BCUT2D eigenvalue weighted by atomic mass is 16.5. The molecule has 0 amide bonds. The second-order valence-electron chi connectivity index (χ2n) is 3.65. The van der Waals surface area contributed by atoms with Gasteiger partial charge in [0.25, 0.3) is 0 Å². The summed E-state index contributed by atoms with van der Waals surface area (Å²) >= 11 is 0. The molecule has 0 aliphatic heterocycles. The van der Waals surface area contributed by atoms with E-state index in [-0.39, 0.29) is 5.97 Å². The largest absolute Gasteiger partial charge is 0.461 e. The Morgan fingerprint density at radius 2 is 2.46 bits per heavy atom. The molecule has 0 saturated carbocycles. The molecule has 2 atom stereocenters. The number of hydrogen-bond acceptors (Lipinski definition) is 2. The molecule has 2 heteroatoms. The van der Waals surface area contributed by atoms with Gasteiger partial charge in [0.1, 0.15) is 6.61 Å². The van der Waals surface area contributed by atoms with Crippen molar-refractivity contribution in [2.24, 2.45) is 11.8 Å². The Bertz CT molecular complexity index is 276. The van der Waals surface area contributed by atoms with Crippen LogP contribution in [-0.4, -0.2) is 12.6 Å². The normalized spacial score (nSPS) is 29.2. The van der Waals surface area contributed by atoms with E-state index in [0.717, 1.165) is 0 Å². The van der Waals surface area contributed by atoms with Gasteiger partial charge in [0.05, 0.1) is 0 Å². The maximum absolute atomic E-state index is 10.9. The summed E-state index contributed by atoms with van der Waals surface area (Å²) in [7, 11) is 0. The Morgan fingerprint density at radius 1 is 1.62 bits per heavy atom. The van der Waals surface area contributed by atoms with Crippen LogP contribution in [0, 0.1) is 11.8 Å². The lowest BCUT2D eigenvalue weighted by Crippen LogP contribution is -2.08. The molecule has 0 aromatic carbocycles. The fraction of sp³-hybridized carbons (Fsp3) is 0.545. The van der Waals surface area contributed by atoms with E-state index in [2.05, 4.69) is 18.2 Å². The fourth-order valence-electron chi connectivity index (χ4n) is 1.95. The highest BCUT2D eigenvalue weighted by Gasteiger charge is 2.28. The van der Waals surface area contributed by atoms with E-state index >= 15 is 0 Å². The van der Waals surface area contributed by atoms with Crippen molar-refractivity contribution >= 4 is 5.97 Å². The highest BCUT2D eigenvalue weighted by molar-refractivity contribution is 5.69. The van der Waals surface area contributed by atoms with E-state index in [9.17, 15) is 4.79 Å². The molecule has 2 nitrogen and oxygen atoms in total. The average Bonchev–Trinajstić information content (AvgIpc) is 2.74. The van der Waals surface area contributed by atoms with Crippen LogP contribution in [0.2, 0.25) is 0 Å². The number of allylic oxidation sites excluding steroid dienone is 3. The van der Waals surface area contributed by atoms with Crippen molar-refractivity contribution in [2.75, 3.05) is 6.61 Å². The number of rotatable bonds is 3. The molecule has 0 spiro atoms. The molecule has 2 aliphatic carbocycles. The molecule has 2 bridgehead atoms. The van der Waals surface area contributed by atoms with E-state index in [0.29, 0.717) is 24.9 Å². The Labute approximate surface area is 78.3 Å². The predicted octanol–water partition coefficient (Wildman–Crippen LogP) is 2.07. The molecule has 2 aliphatic rings. The maximum Gasteiger partial charge on any atom is 0.305 e. The molecule has 2 unspecified atom stereocenters. The number of carbonyl (C=O) groups excluding carboxylic acids is 1. The molecule has 0 aromatic rings. The summed E-state index contributed by atoms with van der Waals surface area (Å²) in [5, 5.41) is 0. The maximum atomic E-state index is 10.9. The molecule has 0 heterocycles. The third-order valence-corrected chi connectivity index (χ3v) is 2.71. The molecule has 70 valence electrons. The average molecular weight is 178 g/mol. The zero-order valence-corrected chi connectivity index (χ0v) is 7.82. The van der Waals surface area contributed by atoms with Crippen LogP contribution in [0.1, 0.15) is 19.8 Å². The minimum absolute atomic E-state index is 0.104. The van der Waals surface area contributed by atoms with Crippen LogP contribution in [0.5, 0.6) is 0 Å². The molecule has 13 heavy (non-hydrogen) atoms. The molecule has 0 fully saturated rings. The van der Waals surface area contributed by atoms with E-state index in [4.69, 9.17) is 4.74 Å². The van der Waals surface area contributed by atoms with Crippen molar-refractivity contribution in [2.45, 2.75) is 19.8 Å². The molecule has 0 N–H and O–H groups in total. The smallest absolute Gasteiger partial charge is 0.305 e. The topological polar surface area (TPSA) is 26.3 Å². The first-order chi connectivity index (χ1) is 6.29. The zero-order chi connectivity index (χ0) is 9.26. The summed E-state index contributed by atoms with van der Waals surface area (Å²) in [5.41, 5.74) is 1.29. The fourth-order valence-corrected chi connectivity index (χ4v) is 1.95. The molecular formula is C11H14O2. The summed E-state index contributed by atoms with van der Waals surface area (Å²) in [6.07, 6.45) is 8.35. The Kier molecular flexibility index (Phi) is 2.21. The molecule has 0 aromatic heterocycles. The van der Waals surface area contributed by atoms with E-state index in [1.807, 2.05) is 6.92 Å². The van der Waals surface area contributed by atoms with Gasteiger partial charge in [0, 0.05) is 12.3 Å². The van der Waals surface area contributed by atoms with Crippen molar-refractivity contribution in [3.8, 4) is 0 Å². The second kappa shape index (κ2) is 3.36. The number of carbonyl (C=O) groups is 1. The Morgan fingerprint density at radius 3 is 3.00 bits per heavy atom. The molecule has 0 radical (unpaired) electrons. The van der Waals surface area contributed by atoms with E-state index in [1.54, 1.807) is 0 Å². The van der Waals surface area contributed by atoms with Gasteiger partial charge in [-0.05, 0) is 17.9 Å². The van der Waals surface area contributed by atoms with Crippen molar-refractivity contribution in [1.82, 2.24) is 0 Å². The number of hydrogen-bond donors (Lipinski definition) is 0. The van der Waals surface area contributed by atoms with Gasteiger partial charge in [0.2, 0.25) is 0 Å². The van der Waals surface area contributed by atoms with Crippen molar-refractivity contribution in [3.63, 3.8) is 0 Å². The van der Waals surface area contributed by atoms with Crippen LogP contribution >= 0.6 is 0 Å². The summed E-state index contributed by atoms with van der Waals surface area (Å²) in [6.45, 7) is 2.32. The van der Waals surface area contributed by atoms with Crippen LogP contribution in [0.15, 0.2) is 23.8 Å². The van der Waals surface area contributed by atoms with Crippen molar-refractivity contribution < 1.29 is 9.53 Å². The lowest BCUT2D eigenvalue weighted by atomic mass is 10.0. The second-order valence-corrected chi connectivity index (χ2v) is 3.65. The van der Waals surface area contributed by atoms with Gasteiger partial charge in [-0.15, -0.1) is 0 Å². The zero-order valence-electron chi connectivity index (χ0n) is 7.82. The molecule has 2 rings (SSSR count). The number of esters is 1. The summed E-state index contributed by atoms with van der Waals surface area (Å²) in [5.74, 6) is 1.06. The van der Waals surface area contributed by atoms with Gasteiger partial charge in [-0.2, -0.15) is 0 Å². The number of ether oxygens (including phenoxy) is 1. The summed E-state index contributed by atoms with van der Waals surface area (Å²) < 4.78 is 5.09. The van der Waals surface area contributed by atoms with Crippen LogP contribution in [0.4, 0.5) is 0 Å². The predicted molar refractivity (Wildman–Crippen MR) is 50.1 cm³/mol. The lowest BCUT2D eigenvalue weighted by Gasteiger charge is -2.09. The number of fused-ring (bicyclic) bond motifs is 2. The first-order valence-corrected chi connectivity index (χ1v) is 4.84. The van der Waals surface area contributed by atoms with Crippen molar-refractivity contribution in [3.05, 3.63) is 23.8 Å². The van der Waals surface area contributed by atoms with Crippen LogP contribution in [0.25, 0.3) is 0 Å². The summed E-state index contributed by atoms with van der Waals surface area (Å²) in [4.78, 5) is 10.9. The Balaban J connectivity index is 1.84. The SMILES string of the molecule is CCC(=O)OCC1=CC2C=CC1C2. The monoisotopic (exact) mass is 178 g/mol. The van der Waals surface area contributed by atoms with Gasteiger partial charge < -0.3 is 4.74 Å².